The molecule has 0 fully saturated rings. The summed E-state index contributed by atoms with van der Waals surface area (Å²) < 4.78 is 5.20. The van der Waals surface area contributed by atoms with Gasteiger partial charge in [0.1, 0.15) is 0 Å². The monoisotopic (exact) mass is 205 g/mol. The Kier molecular flexibility index (Phi) is 2.78. The minimum atomic E-state index is -0.387. The summed E-state index contributed by atoms with van der Waals surface area (Å²) in [5, 5.41) is 10.5. The second kappa shape index (κ2) is 4.23. The van der Waals surface area contributed by atoms with Crippen LogP contribution in [0.5, 0.6) is 0 Å². The fraction of sp³-hybridized carbons (Fsp3) is 0.273. The summed E-state index contributed by atoms with van der Waals surface area (Å²) in [6, 6.07) is 6.64. The van der Waals surface area contributed by atoms with Gasteiger partial charge in [0.2, 0.25) is 0 Å². The van der Waals surface area contributed by atoms with Gasteiger partial charge in [-0.2, -0.15) is 0 Å². The summed E-state index contributed by atoms with van der Waals surface area (Å²) in [5.74, 6) is 0. The fourth-order valence-corrected chi connectivity index (χ4v) is 1.59. The molecule has 4 heteroatoms. The molecule has 0 spiro atoms. The number of hydrogen-bond acceptors (Lipinski definition) is 3. The summed E-state index contributed by atoms with van der Waals surface area (Å²) in [5.41, 5.74) is 2.38. The van der Waals surface area contributed by atoms with Crippen LogP contribution in [0.2, 0.25) is 0 Å². The molecule has 0 unspecified atom stereocenters. The topological polar surface area (TPSA) is 52.4 Å². The maximum Gasteiger partial charge on any atom is 0.269 e. The molecule has 0 aromatic heterocycles. The molecule has 0 N–H and O–H groups in total. The van der Waals surface area contributed by atoms with Gasteiger partial charge in [-0.05, 0) is 29.7 Å². The summed E-state index contributed by atoms with van der Waals surface area (Å²) in [7, 11) is 0. The van der Waals surface area contributed by atoms with Crippen molar-refractivity contribution in [2.24, 2.45) is 0 Å². The Morgan fingerprint density at radius 1 is 1.27 bits per heavy atom. The van der Waals surface area contributed by atoms with Gasteiger partial charge in [-0.3, -0.25) is 10.1 Å². The normalized spacial score (nSPS) is 15.9. The molecule has 4 nitrogen and oxygen atoms in total. The van der Waals surface area contributed by atoms with Gasteiger partial charge < -0.3 is 4.74 Å². The molecule has 1 aromatic carbocycles. The molecule has 1 aliphatic rings. The zero-order valence-corrected chi connectivity index (χ0v) is 8.18. The van der Waals surface area contributed by atoms with Gasteiger partial charge in [0.15, 0.2) is 0 Å². The van der Waals surface area contributed by atoms with E-state index < -0.39 is 0 Å². The van der Waals surface area contributed by atoms with Crippen LogP contribution in [0.25, 0.3) is 5.57 Å². The number of nitro groups is 1. The molecule has 2 rings (SSSR count). The van der Waals surface area contributed by atoms with Crippen LogP contribution in [0.4, 0.5) is 5.69 Å². The number of hydrogen-bond donors (Lipinski definition) is 0. The lowest BCUT2D eigenvalue weighted by Gasteiger charge is -2.13. The Morgan fingerprint density at radius 2 is 2.00 bits per heavy atom. The van der Waals surface area contributed by atoms with Crippen molar-refractivity contribution in [3.8, 4) is 0 Å². The molecular formula is C11H11NO3. The van der Waals surface area contributed by atoms with Gasteiger partial charge in [0.05, 0.1) is 18.1 Å². The third-order valence-electron chi connectivity index (χ3n) is 2.41. The second-order valence-electron chi connectivity index (χ2n) is 3.36. The molecular weight excluding hydrogens is 194 g/mol. The first-order valence-electron chi connectivity index (χ1n) is 4.79. The van der Waals surface area contributed by atoms with Gasteiger partial charge in [-0.15, -0.1) is 0 Å². The van der Waals surface area contributed by atoms with Crippen LogP contribution in [0, 0.1) is 10.1 Å². The highest BCUT2D eigenvalue weighted by Crippen LogP contribution is 2.23. The third-order valence-corrected chi connectivity index (χ3v) is 2.41. The minimum absolute atomic E-state index is 0.131. The minimum Gasteiger partial charge on any atom is -0.377 e. The van der Waals surface area contributed by atoms with Gasteiger partial charge in [0, 0.05) is 12.1 Å². The highest BCUT2D eigenvalue weighted by Gasteiger charge is 2.08. The van der Waals surface area contributed by atoms with E-state index in [0.717, 1.165) is 18.6 Å². The summed E-state index contributed by atoms with van der Waals surface area (Å²) in [6.45, 7) is 1.36. The van der Waals surface area contributed by atoms with Crippen molar-refractivity contribution in [2.75, 3.05) is 13.2 Å². The van der Waals surface area contributed by atoms with Crippen LogP contribution in [-0.2, 0) is 4.74 Å². The molecule has 0 bridgehead atoms. The van der Waals surface area contributed by atoms with Crippen molar-refractivity contribution in [2.45, 2.75) is 6.42 Å². The van der Waals surface area contributed by atoms with Crippen molar-refractivity contribution in [1.29, 1.82) is 0 Å². The summed E-state index contributed by atoms with van der Waals surface area (Å²) >= 11 is 0. The highest BCUT2D eigenvalue weighted by molar-refractivity contribution is 5.67. The summed E-state index contributed by atoms with van der Waals surface area (Å²) in [6.07, 6.45) is 2.89. The number of rotatable bonds is 2. The number of nitrogens with zero attached hydrogens (tertiary/aromatic N) is 1. The zero-order chi connectivity index (χ0) is 10.7. The molecule has 0 saturated carbocycles. The molecule has 0 aliphatic carbocycles. The molecule has 0 radical (unpaired) electrons. The quantitative estimate of drug-likeness (QED) is 0.550. The van der Waals surface area contributed by atoms with E-state index in [9.17, 15) is 10.1 Å². The maximum atomic E-state index is 10.5. The number of nitro benzene ring substituents is 1. The summed E-state index contributed by atoms with van der Waals surface area (Å²) in [4.78, 5) is 10.1. The molecule has 1 aromatic rings. The predicted octanol–water partition coefficient (Wildman–Crippen LogP) is 2.40. The van der Waals surface area contributed by atoms with E-state index in [-0.39, 0.29) is 10.6 Å². The van der Waals surface area contributed by atoms with Crippen molar-refractivity contribution in [1.82, 2.24) is 0 Å². The molecule has 78 valence electrons. The Bertz CT molecular complexity index is 395. The van der Waals surface area contributed by atoms with E-state index in [1.54, 1.807) is 12.1 Å². The first kappa shape index (κ1) is 9.86. The zero-order valence-electron chi connectivity index (χ0n) is 8.18. The van der Waals surface area contributed by atoms with E-state index in [4.69, 9.17) is 4.74 Å². The molecule has 1 heterocycles. The molecule has 0 amide bonds. The number of ether oxygens (including phenoxy) is 1. The van der Waals surface area contributed by atoms with Gasteiger partial charge in [-0.25, -0.2) is 0 Å². The van der Waals surface area contributed by atoms with E-state index in [1.165, 1.54) is 17.7 Å². The first-order chi connectivity index (χ1) is 7.27. The van der Waals surface area contributed by atoms with E-state index in [0.29, 0.717) is 6.61 Å². The predicted molar refractivity (Wildman–Crippen MR) is 56.5 cm³/mol. The van der Waals surface area contributed by atoms with Crippen molar-refractivity contribution < 1.29 is 9.66 Å². The van der Waals surface area contributed by atoms with Gasteiger partial charge >= 0.3 is 0 Å². The van der Waals surface area contributed by atoms with Crippen molar-refractivity contribution in [3.63, 3.8) is 0 Å². The Labute approximate surface area is 87.3 Å². The average molecular weight is 205 g/mol. The number of non-ortho nitro benzene ring substituents is 1. The lowest BCUT2D eigenvalue weighted by atomic mass is 10.0. The standard InChI is InChI=1S/C11H11NO3/c13-12(14)11-3-1-9(2-4-11)10-5-7-15-8-6-10/h1-5H,6-8H2. The van der Waals surface area contributed by atoms with Crippen LogP contribution in [0.3, 0.4) is 0 Å². The van der Waals surface area contributed by atoms with E-state index >= 15 is 0 Å². The van der Waals surface area contributed by atoms with Gasteiger partial charge in [-0.1, -0.05) is 6.08 Å². The lowest BCUT2D eigenvalue weighted by Crippen LogP contribution is -2.03. The first-order valence-corrected chi connectivity index (χ1v) is 4.79. The molecule has 0 saturated heterocycles. The van der Waals surface area contributed by atoms with Crippen LogP contribution in [0.15, 0.2) is 30.3 Å². The average Bonchev–Trinajstić information content (AvgIpc) is 2.30. The van der Waals surface area contributed by atoms with Crippen LogP contribution in [-0.4, -0.2) is 18.1 Å². The van der Waals surface area contributed by atoms with Gasteiger partial charge in [0.25, 0.3) is 5.69 Å². The Balaban J connectivity index is 2.23. The third kappa shape index (κ3) is 2.22. The highest BCUT2D eigenvalue weighted by atomic mass is 16.6. The Hall–Kier alpha value is -1.68. The SMILES string of the molecule is O=[N+]([O-])c1ccc(C2=CCOCC2)cc1. The second-order valence-corrected chi connectivity index (χ2v) is 3.36. The smallest absolute Gasteiger partial charge is 0.269 e. The molecule has 1 aliphatic heterocycles. The van der Waals surface area contributed by atoms with Crippen LogP contribution in [0.1, 0.15) is 12.0 Å². The largest absolute Gasteiger partial charge is 0.377 e. The van der Waals surface area contributed by atoms with Crippen molar-refractivity contribution >= 4 is 11.3 Å². The fourth-order valence-electron chi connectivity index (χ4n) is 1.59. The van der Waals surface area contributed by atoms with E-state index in [2.05, 4.69) is 0 Å². The number of benzene rings is 1. The van der Waals surface area contributed by atoms with Crippen molar-refractivity contribution in [3.05, 3.63) is 46.0 Å². The molecule has 0 atom stereocenters. The van der Waals surface area contributed by atoms with Crippen LogP contribution >= 0.6 is 0 Å². The van der Waals surface area contributed by atoms with E-state index in [1.807, 2.05) is 6.08 Å². The lowest BCUT2D eigenvalue weighted by molar-refractivity contribution is -0.384. The Morgan fingerprint density at radius 3 is 2.53 bits per heavy atom. The molecule has 15 heavy (non-hydrogen) atoms. The maximum absolute atomic E-state index is 10.5. The van der Waals surface area contributed by atoms with Crippen LogP contribution < -0.4 is 0 Å².